The van der Waals surface area contributed by atoms with E-state index in [0.717, 1.165) is 27.4 Å². The maximum Gasteiger partial charge on any atom is 0.234 e. The molecule has 3 aromatic carbocycles. The highest BCUT2D eigenvalue weighted by molar-refractivity contribution is 8.00. The summed E-state index contributed by atoms with van der Waals surface area (Å²) in [6.07, 6.45) is 2.11. The van der Waals surface area contributed by atoms with E-state index in [2.05, 4.69) is 28.2 Å². The maximum absolute atomic E-state index is 12.4. The lowest BCUT2D eigenvalue weighted by Crippen LogP contribution is -2.13. The zero-order valence-corrected chi connectivity index (χ0v) is 17.8. The van der Waals surface area contributed by atoms with Crippen LogP contribution in [0.25, 0.3) is 10.9 Å². The molecule has 0 aliphatic carbocycles. The van der Waals surface area contributed by atoms with E-state index in [-0.39, 0.29) is 5.91 Å². The number of thioether (sulfide) groups is 1. The molecule has 1 aromatic heterocycles. The van der Waals surface area contributed by atoms with Crippen molar-refractivity contribution < 1.29 is 4.79 Å². The topological polar surface area (TPSA) is 34.0 Å². The van der Waals surface area contributed by atoms with Gasteiger partial charge in [-0.2, -0.15) is 0 Å². The minimum absolute atomic E-state index is 0.0631. The Bertz CT molecular complexity index is 1160. The number of amides is 1. The number of hydrogen-bond donors (Lipinski definition) is 1. The second kappa shape index (κ2) is 8.95. The van der Waals surface area contributed by atoms with E-state index in [9.17, 15) is 4.79 Å². The molecule has 0 bridgehead atoms. The standard InChI is InChI=1S/C23H18Cl2N2OS/c24-17-10-8-16(9-11-17)13-27-14-22(20-6-1-2-7-21(20)27)29-15-23(28)26-19-5-3-4-18(25)12-19/h1-12,14H,13,15H2,(H,26,28). The number of rotatable bonds is 6. The van der Waals surface area contributed by atoms with Crippen LogP contribution in [0.3, 0.4) is 0 Å². The molecule has 1 amide bonds. The largest absolute Gasteiger partial charge is 0.342 e. The summed E-state index contributed by atoms with van der Waals surface area (Å²) in [5.74, 6) is 0.258. The number of aromatic nitrogens is 1. The van der Waals surface area contributed by atoms with Gasteiger partial charge >= 0.3 is 0 Å². The predicted octanol–water partition coefficient (Wildman–Crippen LogP) is 6.73. The summed E-state index contributed by atoms with van der Waals surface area (Å²) < 4.78 is 2.20. The molecule has 1 heterocycles. The van der Waals surface area contributed by atoms with Crippen molar-refractivity contribution in [3.8, 4) is 0 Å². The summed E-state index contributed by atoms with van der Waals surface area (Å²) in [6.45, 7) is 0.743. The van der Waals surface area contributed by atoms with E-state index in [1.807, 2.05) is 48.5 Å². The fourth-order valence-corrected chi connectivity index (χ4v) is 4.36. The molecule has 1 N–H and O–H groups in total. The Morgan fingerprint density at radius 1 is 0.931 bits per heavy atom. The van der Waals surface area contributed by atoms with E-state index in [1.165, 1.54) is 17.3 Å². The Labute approximate surface area is 183 Å². The fraction of sp³-hybridized carbons (Fsp3) is 0.0870. The van der Waals surface area contributed by atoms with Crippen LogP contribution in [-0.2, 0) is 11.3 Å². The number of halogens is 2. The molecular formula is C23H18Cl2N2OS. The van der Waals surface area contributed by atoms with Crippen molar-refractivity contribution in [2.75, 3.05) is 11.1 Å². The lowest BCUT2D eigenvalue weighted by Gasteiger charge is -2.05. The zero-order valence-electron chi connectivity index (χ0n) is 15.4. The van der Waals surface area contributed by atoms with Crippen LogP contribution in [-0.4, -0.2) is 16.2 Å². The quantitative estimate of drug-likeness (QED) is 0.337. The first-order chi connectivity index (χ1) is 14.1. The first-order valence-electron chi connectivity index (χ1n) is 9.09. The monoisotopic (exact) mass is 440 g/mol. The molecule has 0 radical (unpaired) electrons. The van der Waals surface area contributed by atoms with Gasteiger partial charge in [-0.1, -0.05) is 59.6 Å². The number of carbonyl (C=O) groups is 1. The van der Waals surface area contributed by atoms with Crippen molar-refractivity contribution in [2.45, 2.75) is 11.4 Å². The van der Waals surface area contributed by atoms with Gasteiger partial charge in [-0.05, 0) is 42.0 Å². The van der Waals surface area contributed by atoms with E-state index < -0.39 is 0 Å². The second-order valence-electron chi connectivity index (χ2n) is 6.61. The van der Waals surface area contributed by atoms with Crippen molar-refractivity contribution in [1.29, 1.82) is 0 Å². The molecule has 6 heteroatoms. The van der Waals surface area contributed by atoms with Crippen LogP contribution < -0.4 is 5.32 Å². The Balaban J connectivity index is 1.50. The molecule has 0 unspecified atom stereocenters. The molecule has 0 spiro atoms. The summed E-state index contributed by atoms with van der Waals surface area (Å²) in [7, 11) is 0. The Hall–Kier alpha value is -2.40. The molecular weight excluding hydrogens is 423 g/mol. The molecule has 29 heavy (non-hydrogen) atoms. The number of carbonyl (C=O) groups excluding carboxylic acids is 1. The van der Waals surface area contributed by atoms with Gasteiger partial charge in [-0.3, -0.25) is 4.79 Å². The first kappa shape index (κ1) is 19.9. The van der Waals surface area contributed by atoms with Crippen molar-refractivity contribution in [3.05, 3.63) is 94.6 Å². The molecule has 0 atom stereocenters. The Morgan fingerprint density at radius 2 is 1.72 bits per heavy atom. The first-order valence-corrected chi connectivity index (χ1v) is 10.8. The van der Waals surface area contributed by atoms with Gasteiger partial charge in [0.15, 0.2) is 0 Å². The molecule has 146 valence electrons. The fourth-order valence-electron chi connectivity index (χ4n) is 3.15. The van der Waals surface area contributed by atoms with Crippen LogP contribution in [0.4, 0.5) is 5.69 Å². The van der Waals surface area contributed by atoms with Crippen LogP contribution in [0.1, 0.15) is 5.56 Å². The predicted molar refractivity (Wildman–Crippen MR) is 123 cm³/mol. The minimum atomic E-state index is -0.0631. The summed E-state index contributed by atoms with van der Waals surface area (Å²) in [4.78, 5) is 13.4. The SMILES string of the molecule is O=C(CSc1cn(Cc2ccc(Cl)cc2)c2ccccc12)Nc1cccc(Cl)c1. The molecule has 0 saturated heterocycles. The van der Waals surface area contributed by atoms with Crippen LogP contribution in [0, 0.1) is 0 Å². The summed E-state index contributed by atoms with van der Waals surface area (Å²) >= 11 is 13.5. The lowest BCUT2D eigenvalue weighted by atomic mass is 10.2. The molecule has 0 saturated carbocycles. The third kappa shape index (κ3) is 4.96. The van der Waals surface area contributed by atoms with Gasteiger partial charge in [0.25, 0.3) is 0 Å². The molecule has 3 nitrogen and oxygen atoms in total. The van der Waals surface area contributed by atoms with Crippen molar-refractivity contribution in [2.24, 2.45) is 0 Å². The third-order valence-electron chi connectivity index (χ3n) is 4.49. The van der Waals surface area contributed by atoms with Gasteiger partial charge in [-0.15, -0.1) is 11.8 Å². The van der Waals surface area contributed by atoms with Crippen molar-refractivity contribution >= 4 is 57.5 Å². The van der Waals surface area contributed by atoms with Crippen LogP contribution in [0.2, 0.25) is 10.0 Å². The van der Waals surface area contributed by atoms with E-state index in [1.54, 1.807) is 12.1 Å². The second-order valence-corrected chi connectivity index (χ2v) is 8.50. The summed E-state index contributed by atoms with van der Waals surface area (Å²) in [5, 5.41) is 5.36. The number of nitrogens with zero attached hydrogens (tertiary/aromatic N) is 1. The van der Waals surface area contributed by atoms with Crippen molar-refractivity contribution in [3.63, 3.8) is 0 Å². The normalized spacial score (nSPS) is 11.0. The number of benzene rings is 3. The summed E-state index contributed by atoms with van der Waals surface area (Å²) in [6, 6.07) is 23.3. The van der Waals surface area contributed by atoms with E-state index in [4.69, 9.17) is 23.2 Å². The van der Waals surface area contributed by atoms with Gasteiger partial charge in [0.1, 0.15) is 0 Å². The number of anilines is 1. The molecule has 0 aliphatic rings. The Morgan fingerprint density at radius 3 is 2.52 bits per heavy atom. The zero-order chi connectivity index (χ0) is 20.2. The summed E-state index contributed by atoms with van der Waals surface area (Å²) in [5.41, 5.74) is 3.01. The van der Waals surface area contributed by atoms with Gasteiger partial charge < -0.3 is 9.88 Å². The van der Waals surface area contributed by atoms with E-state index >= 15 is 0 Å². The van der Waals surface area contributed by atoms with Gasteiger partial charge in [0, 0.05) is 44.3 Å². The van der Waals surface area contributed by atoms with Crippen LogP contribution in [0.15, 0.2) is 83.9 Å². The molecule has 4 aromatic rings. The van der Waals surface area contributed by atoms with Gasteiger partial charge in [0.2, 0.25) is 5.91 Å². The van der Waals surface area contributed by atoms with Crippen LogP contribution >= 0.6 is 35.0 Å². The molecule has 4 rings (SSSR count). The lowest BCUT2D eigenvalue weighted by molar-refractivity contribution is -0.113. The highest BCUT2D eigenvalue weighted by Crippen LogP contribution is 2.31. The third-order valence-corrected chi connectivity index (χ3v) is 6.02. The number of hydrogen-bond acceptors (Lipinski definition) is 2. The van der Waals surface area contributed by atoms with Crippen molar-refractivity contribution in [1.82, 2.24) is 4.57 Å². The highest BCUT2D eigenvalue weighted by Gasteiger charge is 2.11. The minimum Gasteiger partial charge on any atom is -0.342 e. The number of para-hydroxylation sites is 1. The average Bonchev–Trinajstić information content (AvgIpc) is 3.06. The van der Waals surface area contributed by atoms with Gasteiger partial charge in [0.05, 0.1) is 5.75 Å². The average molecular weight is 441 g/mol. The smallest absolute Gasteiger partial charge is 0.234 e. The molecule has 0 aliphatic heterocycles. The Kier molecular flexibility index (Phi) is 6.14. The highest BCUT2D eigenvalue weighted by atomic mass is 35.5. The number of nitrogens with one attached hydrogen (secondary N) is 1. The van der Waals surface area contributed by atoms with Gasteiger partial charge in [-0.25, -0.2) is 0 Å². The maximum atomic E-state index is 12.4. The number of fused-ring (bicyclic) bond motifs is 1. The van der Waals surface area contributed by atoms with Crippen LogP contribution in [0.5, 0.6) is 0 Å². The molecule has 0 fully saturated rings. The van der Waals surface area contributed by atoms with E-state index in [0.29, 0.717) is 16.5 Å².